The molecule has 0 unspecified atom stereocenters. The zero-order chi connectivity index (χ0) is 24.2. The number of rotatable bonds is 10. The van der Waals surface area contributed by atoms with Crippen LogP contribution in [-0.2, 0) is 4.74 Å². The minimum absolute atomic E-state index is 0.280. The number of anilines is 3. The fourth-order valence-corrected chi connectivity index (χ4v) is 4.00. The lowest BCUT2D eigenvalue weighted by Gasteiger charge is -2.26. The Balaban J connectivity index is 1.38. The highest BCUT2D eigenvalue weighted by Crippen LogP contribution is 2.28. The van der Waals surface area contributed by atoms with Crippen molar-refractivity contribution in [1.29, 1.82) is 0 Å². The van der Waals surface area contributed by atoms with Crippen LogP contribution < -0.4 is 20.7 Å². The van der Waals surface area contributed by atoms with E-state index < -0.39 is 18.1 Å². The van der Waals surface area contributed by atoms with Gasteiger partial charge in [-0.25, -0.2) is 14.4 Å². The van der Waals surface area contributed by atoms with Crippen LogP contribution in [0.1, 0.15) is 23.2 Å². The van der Waals surface area contributed by atoms with Gasteiger partial charge in [0.1, 0.15) is 29.1 Å². The number of pyridine rings is 1. The standard InChI is InChI=1S/C23H29FN8O3/c1-34-23-17(4-2-5-26-23)28-19-13-20(25-6-3-7-31-8-10-35-11-9-31)32-21(30-19)15(14-27-32)22(33)29-18-12-16(18)24/h2,4-5,13-14,16,18,25H,3,6-12H2,1H3,(H,28,30)(H,29,33)/t16-,18+/m1/s1. The maximum atomic E-state index is 13.3. The largest absolute Gasteiger partial charge is 0.480 e. The van der Waals surface area contributed by atoms with Gasteiger partial charge in [-0.05, 0) is 25.1 Å². The van der Waals surface area contributed by atoms with Gasteiger partial charge in [0.25, 0.3) is 5.91 Å². The molecule has 5 rings (SSSR count). The Kier molecular flexibility index (Phi) is 6.91. The number of hydrogen-bond donors (Lipinski definition) is 3. The second-order valence-electron chi connectivity index (χ2n) is 8.57. The van der Waals surface area contributed by atoms with Crippen LogP contribution in [0.3, 0.4) is 0 Å². The number of halogens is 1. The Morgan fingerprint density at radius 2 is 2.17 bits per heavy atom. The third kappa shape index (κ3) is 5.43. The molecule has 11 nitrogen and oxygen atoms in total. The molecule has 0 aromatic carbocycles. The molecule has 3 N–H and O–H groups in total. The van der Waals surface area contributed by atoms with Crippen LogP contribution in [-0.4, -0.2) is 89.1 Å². The number of carbonyl (C=O) groups excluding carboxylic acids is 1. The number of amides is 1. The summed E-state index contributed by atoms with van der Waals surface area (Å²) in [4.78, 5) is 24.0. The van der Waals surface area contributed by atoms with E-state index in [9.17, 15) is 9.18 Å². The summed E-state index contributed by atoms with van der Waals surface area (Å²) in [7, 11) is 1.54. The van der Waals surface area contributed by atoms with E-state index >= 15 is 0 Å². The lowest BCUT2D eigenvalue weighted by Crippen LogP contribution is -2.37. The zero-order valence-electron chi connectivity index (χ0n) is 19.5. The first-order valence-electron chi connectivity index (χ1n) is 11.8. The molecule has 0 spiro atoms. The van der Waals surface area contributed by atoms with E-state index in [-0.39, 0.29) is 5.56 Å². The quantitative estimate of drug-likeness (QED) is 0.371. The van der Waals surface area contributed by atoms with Crippen LogP contribution in [0.15, 0.2) is 30.6 Å². The van der Waals surface area contributed by atoms with Crippen LogP contribution >= 0.6 is 0 Å². The molecule has 0 radical (unpaired) electrons. The number of nitrogens with zero attached hydrogens (tertiary/aromatic N) is 5. The molecule has 2 aliphatic rings. The lowest BCUT2D eigenvalue weighted by atomic mass is 10.3. The van der Waals surface area contributed by atoms with Gasteiger partial charge in [-0.15, -0.1) is 0 Å². The molecule has 3 aromatic heterocycles. The molecule has 4 heterocycles. The van der Waals surface area contributed by atoms with Crippen molar-refractivity contribution in [3.05, 3.63) is 36.2 Å². The predicted octanol–water partition coefficient (Wildman–Crippen LogP) is 1.85. The average Bonchev–Trinajstić information content (AvgIpc) is 3.39. The summed E-state index contributed by atoms with van der Waals surface area (Å²) >= 11 is 0. The Bertz CT molecular complexity index is 1180. The van der Waals surface area contributed by atoms with E-state index in [1.165, 1.54) is 6.20 Å². The van der Waals surface area contributed by atoms with Gasteiger partial charge in [-0.3, -0.25) is 9.69 Å². The van der Waals surface area contributed by atoms with Crippen molar-refractivity contribution >= 4 is 28.9 Å². The van der Waals surface area contributed by atoms with E-state index in [0.29, 0.717) is 41.8 Å². The van der Waals surface area contributed by atoms with Gasteiger partial charge in [0.2, 0.25) is 5.88 Å². The fraction of sp³-hybridized carbons (Fsp3) is 0.478. The van der Waals surface area contributed by atoms with Gasteiger partial charge in [-0.2, -0.15) is 9.61 Å². The lowest BCUT2D eigenvalue weighted by molar-refractivity contribution is 0.0378. The van der Waals surface area contributed by atoms with Gasteiger partial charge in [0, 0.05) is 38.3 Å². The highest BCUT2D eigenvalue weighted by molar-refractivity contribution is 6.00. The Hall–Kier alpha value is -3.51. The highest BCUT2D eigenvalue weighted by Gasteiger charge is 2.39. The molecule has 1 saturated carbocycles. The first-order chi connectivity index (χ1) is 17.1. The number of hydrogen-bond acceptors (Lipinski definition) is 9. The van der Waals surface area contributed by atoms with Crippen molar-refractivity contribution in [1.82, 2.24) is 29.8 Å². The minimum Gasteiger partial charge on any atom is -0.480 e. The van der Waals surface area contributed by atoms with Crippen molar-refractivity contribution in [3.8, 4) is 5.88 Å². The zero-order valence-corrected chi connectivity index (χ0v) is 19.5. The molecule has 2 atom stereocenters. The summed E-state index contributed by atoms with van der Waals surface area (Å²) in [5.41, 5.74) is 1.28. The average molecular weight is 485 g/mol. The summed E-state index contributed by atoms with van der Waals surface area (Å²) in [5.74, 6) is 1.19. The maximum absolute atomic E-state index is 13.3. The molecule has 1 amide bonds. The van der Waals surface area contributed by atoms with Gasteiger partial charge in [0.15, 0.2) is 5.65 Å². The molecule has 186 valence electrons. The molecule has 1 aliphatic carbocycles. The van der Waals surface area contributed by atoms with Crippen molar-refractivity contribution in [2.24, 2.45) is 0 Å². The first kappa shape index (κ1) is 23.2. The SMILES string of the molecule is COc1ncccc1Nc1cc(NCCCN2CCOCC2)n2ncc(C(=O)N[C@H]3C[C@H]3F)c2n1. The van der Waals surface area contributed by atoms with Crippen molar-refractivity contribution in [2.45, 2.75) is 25.1 Å². The second kappa shape index (κ2) is 10.4. The van der Waals surface area contributed by atoms with E-state index in [2.05, 4.69) is 35.9 Å². The predicted molar refractivity (Wildman–Crippen MR) is 128 cm³/mol. The normalized spacial score (nSPS) is 19.9. The van der Waals surface area contributed by atoms with E-state index in [4.69, 9.17) is 9.47 Å². The van der Waals surface area contributed by atoms with Gasteiger partial charge < -0.3 is 25.4 Å². The molecule has 35 heavy (non-hydrogen) atoms. The maximum Gasteiger partial charge on any atom is 0.257 e. The van der Waals surface area contributed by atoms with Crippen LogP contribution in [0.5, 0.6) is 5.88 Å². The van der Waals surface area contributed by atoms with Gasteiger partial charge >= 0.3 is 0 Å². The molecule has 1 aliphatic heterocycles. The molecule has 0 bridgehead atoms. The smallest absolute Gasteiger partial charge is 0.257 e. The van der Waals surface area contributed by atoms with Crippen molar-refractivity contribution in [3.63, 3.8) is 0 Å². The summed E-state index contributed by atoms with van der Waals surface area (Å²) < 4.78 is 25.7. The molecule has 3 aromatic rings. The third-order valence-corrected chi connectivity index (χ3v) is 6.03. The first-order valence-corrected chi connectivity index (χ1v) is 11.8. The molecule has 1 saturated heterocycles. The second-order valence-corrected chi connectivity index (χ2v) is 8.57. The Labute approximate surface area is 202 Å². The molecular formula is C23H29FN8O3. The van der Waals surface area contributed by atoms with E-state index in [0.717, 1.165) is 39.3 Å². The number of aromatic nitrogens is 4. The topological polar surface area (TPSA) is 118 Å². The van der Waals surface area contributed by atoms with Crippen LogP contribution in [0.2, 0.25) is 0 Å². The van der Waals surface area contributed by atoms with E-state index in [1.807, 2.05) is 12.1 Å². The number of nitrogens with one attached hydrogen (secondary N) is 3. The van der Waals surface area contributed by atoms with Crippen LogP contribution in [0, 0.1) is 0 Å². The molecular weight excluding hydrogens is 455 g/mol. The summed E-state index contributed by atoms with van der Waals surface area (Å²) in [6.45, 7) is 5.10. The number of morpholine rings is 1. The van der Waals surface area contributed by atoms with Gasteiger partial charge in [0.05, 0.1) is 32.6 Å². The summed E-state index contributed by atoms with van der Waals surface area (Å²) in [6.07, 6.45) is 3.37. The van der Waals surface area contributed by atoms with Crippen LogP contribution in [0.4, 0.5) is 21.7 Å². The highest BCUT2D eigenvalue weighted by atomic mass is 19.1. The number of fused-ring (bicyclic) bond motifs is 1. The van der Waals surface area contributed by atoms with E-state index in [1.54, 1.807) is 23.9 Å². The number of carbonyl (C=O) groups is 1. The Morgan fingerprint density at radius 3 is 2.94 bits per heavy atom. The third-order valence-electron chi connectivity index (χ3n) is 6.03. The number of alkyl halides is 1. The molecule has 2 fully saturated rings. The minimum atomic E-state index is -0.993. The number of methoxy groups -OCH3 is 1. The summed E-state index contributed by atoms with van der Waals surface area (Å²) in [6, 6.07) is 4.98. The summed E-state index contributed by atoms with van der Waals surface area (Å²) in [5, 5.41) is 13.7. The van der Waals surface area contributed by atoms with Crippen molar-refractivity contribution in [2.75, 3.05) is 57.1 Å². The monoisotopic (exact) mass is 484 g/mol. The Morgan fingerprint density at radius 1 is 1.34 bits per heavy atom. The van der Waals surface area contributed by atoms with Gasteiger partial charge in [-0.1, -0.05) is 0 Å². The van der Waals surface area contributed by atoms with Crippen molar-refractivity contribution < 1.29 is 18.7 Å². The fourth-order valence-electron chi connectivity index (χ4n) is 4.00. The molecule has 12 heteroatoms. The number of ether oxygens (including phenoxy) is 2. The van der Waals surface area contributed by atoms with Crippen LogP contribution in [0.25, 0.3) is 5.65 Å².